The predicted octanol–water partition coefficient (Wildman–Crippen LogP) is 1.81. The Hall–Kier alpha value is -0.380. The Kier molecular flexibility index (Phi) is 6.00. The summed E-state index contributed by atoms with van der Waals surface area (Å²) >= 11 is 0. The standard InChI is InChI=1S/C8H17O5P/c1-5-12-14(10,13-6-2)7(3)8(9)11-4/h7H,5-6H2,1-4H3. The van der Waals surface area contributed by atoms with Crippen LogP contribution < -0.4 is 0 Å². The first kappa shape index (κ1) is 13.6. The van der Waals surface area contributed by atoms with E-state index in [0.717, 1.165) is 0 Å². The van der Waals surface area contributed by atoms with Gasteiger partial charge in [0.1, 0.15) is 0 Å². The van der Waals surface area contributed by atoms with E-state index in [1.807, 2.05) is 0 Å². The molecule has 5 nitrogen and oxygen atoms in total. The number of ether oxygens (including phenoxy) is 1. The molecule has 1 unspecified atom stereocenters. The van der Waals surface area contributed by atoms with E-state index in [4.69, 9.17) is 9.05 Å². The van der Waals surface area contributed by atoms with Crippen molar-refractivity contribution in [1.29, 1.82) is 0 Å². The highest BCUT2D eigenvalue weighted by molar-refractivity contribution is 7.55. The van der Waals surface area contributed by atoms with Gasteiger partial charge in [0.25, 0.3) is 0 Å². The van der Waals surface area contributed by atoms with Gasteiger partial charge in [-0.05, 0) is 20.8 Å². The molecule has 0 fully saturated rings. The maximum Gasteiger partial charge on any atom is 0.344 e. The van der Waals surface area contributed by atoms with Crippen molar-refractivity contribution in [2.24, 2.45) is 0 Å². The van der Waals surface area contributed by atoms with Crippen molar-refractivity contribution >= 4 is 13.6 Å². The second-order valence-electron chi connectivity index (χ2n) is 2.57. The molecule has 0 saturated heterocycles. The quantitative estimate of drug-likeness (QED) is 0.508. The predicted molar refractivity (Wildman–Crippen MR) is 52.3 cm³/mol. The Bertz CT molecular complexity index is 218. The van der Waals surface area contributed by atoms with Crippen LogP contribution in [0.15, 0.2) is 0 Å². The number of carbonyl (C=O) groups is 1. The monoisotopic (exact) mass is 224 g/mol. The summed E-state index contributed by atoms with van der Waals surface area (Å²) in [7, 11) is -2.12. The number of hydrogen-bond donors (Lipinski definition) is 0. The molecule has 0 aromatic heterocycles. The van der Waals surface area contributed by atoms with Crippen molar-refractivity contribution in [1.82, 2.24) is 0 Å². The summed E-state index contributed by atoms with van der Waals surface area (Å²) < 4.78 is 26.4. The highest BCUT2D eigenvalue weighted by Crippen LogP contribution is 2.53. The molecule has 1 atom stereocenters. The molecule has 84 valence electrons. The third-order valence-electron chi connectivity index (χ3n) is 1.63. The summed E-state index contributed by atoms with van der Waals surface area (Å²) in [6.45, 7) is 5.32. The first-order chi connectivity index (χ1) is 6.51. The average Bonchev–Trinajstić information content (AvgIpc) is 2.16. The zero-order valence-corrected chi connectivity index (χ0v) is 9.87. The van der Waals surface area contributed by atoms with Gasteiger partial charge < -0.3 is 13.8 Å². The molecule has 0 radical (unpaired) electrons. The molecule has 0 aliphatic heterocycles. The normalized spacial score (nSPS) is 13.7. The highest BCUT2D eigenvalue weighted by Gasteiger charge is 2.38. The number of esters is 1. The number of carbonyl (C=O) groups excluding carboxylic acids is 1. The lowest BCUT2D eigenvalue weighted by molar-refractivity contribution is -0.140. The minimum absolute atomic E-state index is 0.235. The first-order valence-corrected chi connectivity index (χ1v) is 6.09. The minimum Gasteiger partial charge on any atom is -0.468 e. The van der Waals surface area contributed by atoms with Crippen LogP contribution in [0.4, 0.5) is 0 Å². The molecule has 0 rings (SSSR count). The minimum atomic E-state index is -3.36. The van der Waals surface area contributed by atoms with E-state index in [0.29, 0.717) is 0 Å². The Morgan fingerprint density at radius 3 is 2.00 bits per heavy atom. The van der Waals surface area contributed by atoms with Gasteiger partial charge in [0, 0.05) is 0 Å². The van der Waals surface area contributed by atoms with E-state index >= 15 is 0 Å². The van der Waals surface area contributed by atoms with E-state index in [1.165, 1.54) is 14.0 Å². The summed E-state index contributed by atoms with van der Waals surface area (Å²) in [6.07, 6.45) is 0. The fraction of sp³-hybridized carbons (Fsp3) is 0.875. The fourth-order valence-electron chi connectivity index (χ4n) is 0.920. The topological polar surface area (TPSA) is 61.8 Å². The number of hydrogen-bond acceptors (Lipinski definition) is 5. The lowest BCUT2D eigenvalue weighted by atomic mass is 10.5. The molecule has 14 heavy (non-hydrogen) atoms. The number of methoxy groups -OCH3 is 1. The van der Waals surface area contributed by atoms with E-state index in [-0.39, 0.29) is 13.2 Å². The SMILES string of the molecule is CCOP(=O)(OCC)C(C)C(=O)OC. The maximum atomic E-state index is 12.0. The van der Waals surface area contributed by atoms with Crippen molar-refractivity contribution in [2.75, 3.05) is 20.3 Å². The summed E-state index contributed by atoms with van der Waals surface area (Å²) in [4.78, 5) is 11.2. The third kappa shape index (κ3) is 3.40. The molecule has 0 bridgehead atoms. The maximum absolute atomic E-state index is 12.0. The van der Waals surface area contributed by atoms with Crippen molar-refractivity contribution < 1.29 is 23.1 Å². The van der Waals surface area contributed by atoms with Gasteiger partial charge in [0.2, 0.25) is 0 Å². The largest absolute Gasteiger partial charge is 0.468 e. The van der Waals surface area contributed by atoms with Crippen LogP contribution in [0.1, 0.15) is 20.8 Å². The molecule has 0 saturated carbocycles. The van der Waals surface area contributed by atoms with Gasteiger partial charge in [-0.1, -0.05) is 0 Å². The van der Waals surface area contributed by atoms with Crippen LogP contribution in [0.25, 0.3) is 0 Å². The average molecular weight is 224 g/mol. The molecule has 0 spiro atoms. The van der Waals surface area contributed by atoms with Crippen LogP contribution in [-0.2, 0) is 23.1 Å². The molecule has 6 heteroatoms. The summed E-state index contributed by atoms with van der Waals surface area (Å²) in [5.41, 5.74) is -0.882. The molecule has 0 heterocycles. The zero-order chi connectivity index (χ0) is 11.2. The smallest absolute Gasteiger partial charge is 0.344 e. The van der Waals surface area contributed by atoms with Gasteiger partial charge >= 0.3 is 13.6 Å². The lowest BCUT2D eigenvalue weighted by Gasteiger charge is -2.21. The van der Waals surface area contributed by atoms with Gasteiger partial charge in [0.15, 0.2) is 5.66 Å². The van der Waals surface area contributed by atoms with Crippen molar-refractivity contribution in [3.63, 3.8) is 0 Å². The van der Waals surface area contributed by atoms with Crippen LogP contribution in [0.2, 0.25) is 0 Å². The Labute approximate surface area is 84.3 Å². The fourth-order valence-corrected chi connectivity index (χ4v) is 2.53. The second kappa shape index (κ2) is 6.17. The van der Waals surface area contributed by atoms with Crippen molar-refractivity contribution in [3.8, 4) is 0 Å². The van der Waals surface area contributed by atoms with Crippen molar-refractivity contribution in [2.45, 2.75) is 26.4 Å². The second-order valence-corrected chi connectivity index (χ2v) is 4.95. The van der Waals surface area contributed by atoms with Crippen LogP contribution in [0, 0.1) is 0 Å². The highest BCUT2D eigenvalue weighted by atomic mass is 31.2. The van der Waals surface area contributed by atoms with E-state index in [1.54, 1.807) is 13.8 Å². The van der Waals surface area contributed by atoms with Gasteiger partial charge in [-0.2, -0.15) is 0 Å². The molecule has 0 aromatic rings. The van der Waals surface area contributed by atoms with Gasteiger partial charge in [0.05, 0.1) is 20.3 Å². The Morgan fingerprint density at radius 1 is 1.29 bits per heavy atom. The van der Waals surface area contributed by atoms with E-state index < -0.39 is 19.2 Å². The Morgan fingerprint density at radius 2 is 1.71 bits per heavy atom. The molecule has 0 N–H and O–H groups in total. The van der Waals surface area contributed by atoms with Gasteiger partial charge in [-0.15, -0.1) is 0 Å². The molecule has 0 aliphatic rings. The van der Waals surface area contributed by atoms with Gasteiger partial charge in [-0.3, -0.25) is 9.36 Å². The summed E-state index contributed by atoms with van der Waals surface area (Å²) in [5.74, 6) is -0.588. The van der Waals surface area contributed by atoms with E-state index in [2.05, 4.69) is 4.74 Å². The lowest BCUT2D eigenvalue weighted by Crippen LogP contribution is -2.21. The van der Waals surface area contributed by atoms with Crippen LogP contribution in [0.3, 0.4) is 0 Å². The molecule has 0 aliphatic carbocycles. The third-order valence-corrected chi connectivity index (χ3v) is 4.03. The molecular weight excluding hydrogens is 207 g/mol. The number of rotatable bonds is 6. The Balaban J connectivity index is 4.63. The van der Waals surface area contributed by atoms with Crippen LogP contribution in [-0.4, -0.2) is 32.0 Å². The molecule has 0 aromatic carbocycles. The zero-order valence-electron chi connectivity index (χ0n) is 8.98. The summed E-state index contributed by atoms with van der Waals surface area (Å²) in [6, 6.07) is 0. The van der Waals surface area contributed by atoms with Gasteiger partial charge in [-0.25, -0.2) is 0 Å². The van der Waals surface area contributed by atoms with Crippen LogP contribution in [0.5, 0.6) is 0 Å². The first-order valence-electron chi connectivity index (χ1n) is 4.48. The van der Waals surface area contributed by atoms with E-state index in [9.17, 15) is 9.36 Å². The van der Waals surface area contributed by atoms with Crippen molar-refractivity contribution in [3.05, 3.63) is 0 Å². The molecular formula is C8H17O5P. The molecule has 0 amide bonds. The summed E-state index contributed by atoms with van der Waals surface area (Å²) in [5, 5.41) is 0. The van der Waals surface area contributed by atoms with Crippen LogP contribution >= 0.6 is 7.60 Å².